The van der Waals surface area contributed by atoms with E-state index in [1.165, 1.54) is 11.8 Å². The highest BCUT2D eigenvalue weighted by molar-refractivity contribution is 9.10. The molecule has 5 heterocycles. The van der Waals surface area contributed by atoms with E-state index in [9.17, 15) is 14.7 Å². The number of halogens is 2. The molecule has 0 radical (unpaired) electrons. The summed E-state index contributed by atoms with van der Waals surface area (Å²) in [5.41, 5.74) is 2.98. The van der Waals surface area contributed by atoms with Gasteiger partial charge in [0.05, 0.1) is 28.1 Å². The number of aryl methyl sites for hydroxylation is 1. The third-order valence-corrected chi connectivity index (χ3v) is 9.79. The quantitative estimate of drug-likeness (QED) is 0.414. The van der Waals surface area contributed by atoms with E-state index in [1.54, 1.807) is 11.8 Å². The van der Waals surface area contributed by atoms with Gasteiger partial charge in [-0.15, -0.1) is 11.8 Å². The number of aromatic nitrogens is 2. The number of carbonyl (C=O) groups excluding carboxylic acids is 1. The number of hydrogen-bond acceptors (Lipinski definition) is 4. The fourth-order valence-electron chi connectivity index (χ4n) is 6.55. The third kappa shape index (κ3) is 3.18. The summed E-state index contributed by atoms with van der Waals surface area (Å²) in [5.74, 6) is -0.159. The smallest absolute Gasteiger partial charge is 0.407 e. The van der Waals surface area contributed by atoms with Crippen LogP contribution in [0.15, 0.2) is 21.6 Å². The molecule has 3 aliphatic heterocycles. The number of thioether (sulfide) groups is 1. The molecule has 35 heavy (non-hydrogen) atoms. The van der Waals surface area contributed by atoms with Crippen LogP contribution in [0.1, 0.15) is 49.5 Å². The molecule has 7 rings (SSSR count). The minimum atomic E-state index is -0.897. The lowest BCUT2D eigenvalue weighted by Gasteiger charge is -2.40. The van der Waals surface area contributed by atoms with Crippen molar-refractivity contribution in [2.45, 2.75) is 56.3 Å². The number of amides is 2. The Morgan fingerprint density at radius 2 is 2.03 bits per heavy atom. The molecule has 4 fully saturated rings. The van der Waals surface area contributed by atoms with Crippen LogP contribution in [0.2, 0.25) is 0 Å². The van der Waals surface area contributed by atoms with Crippen LogP contribution in [0.4, 0.5) is 9.18 Å². The zero-order valence-corrected chi connectivity index (χ0v) is 22.1. The van der Waals surface area contributed by atoms with E-state index < -0.39 is 6.09 Å². The van der Waals surface area contributed by atoms with Crippen molar-refractivity contribution in [1.29, 1.82) is 0 Å². The summed E-state index contributed by atoms with van der Waals surface area (Å²) in [7, 11) is 0. The van der Waals surface area contributed by atoms with Crippen molar-refractivity contribution in [2.75, 3.05) is 19.3 Å². The second-order valence-electron chi connectivity index (χ2n) is 9.90. The fraction of sp³-hybridized carbons (Fsp3) is 0.480. The average molecular weight is 561 g/mol. The number of nitrogens with zero attached hydrogens (tertiary/aromatic N) is 4. The number of carbonyl (C=O) groups is 2. The molecule has 2 aromatic heterocycles. The van der Waals surface area contributed by atoms with E-state index in [-0.39, 0.29) is 35.8 Å². The van der Waals surface area contributed by atoms with Gasteiger partial charge in [-0.3, -0.25) is 4.79 Å². The van der Waals surface area contributed by atoms with Gasteiger partial charge in [-0.25, -0.2) is 14.2 Å². The first kappa shape index (κ1) is 23.1. The standard InChI is InChI=1S/C25H26BrFN4O3S/c1-11-7-14-21(20(27)19(11)26)28-24(35-3)15-9-17(16-5-4-6-29(16)12(2)32)31(23(14)15)22-13-8-18(22)30(10-13)25(33)34/h7,9,13,16,18,22H,4-6,8,10H2,1-3H3,(H,33,34)/t13-,16-,18-,22+/m1/s1. The summed E-state index contributed by atoms with van der Waals surface area (Å²) >= 11 is 4.85. The molecular weight excluding hydrogens is 535 g/mol. The van der Waals surface area contributed by atoms with Gasteiger partial charge in [-0.1, -0.05) is 0 Å². The first-order valence-corrected chi connectivity index (χ1v) is 13.9. The highest BCUT2D eigenvalue weighted by Gasteiger charge is 2.56. The Balaban J connectivity index is 1.69. The molecule has 4 aliphatic rings. The molecule has 3 aromatic rings. The summed E-state index contributed by atoms with van der Waals surface area (Å²) < 4.78 is 18.1. The Bertz CT molecular complexity index is 1430. The molecule has 2 amide bonds. The van der Waals surface area contributed by atoms with Crippen LogP contribution in [0.3, 0.4) is 0 Å². The molecule has 2 bridgehead atoms. The minimum Gasteiger partial charge on any atom is -0.465 e. The lowest BCUT2D eigenvalue weighted by molar-refractivity contribution is -0.129. The molecule has 3 saturated heterocycles. The van der Waals surface area contributed by atoms with Crippen molar-refractivity contribution in [3.05, 3.63) is 33.7 Å². The number of pyridine rings is 1. The third-order valence-electron chi connectivity index (χ3n) is 8.12. The predicted molar refractivity (Wildman–Crippen MR) is 136 cm³/mol. The van der Waals surface area contributed by atoms with Crippen LogP contribution in [0.5, 0.6) is 0 Å². The maximum absolute atomic E-state index is 15.5. The molecule has 7 nitrogen and oxygen atoms in total. The van der Waals surface area contributed by atoms with E-state index in [0.29, 0.717) is 23.1 Å². The van der Waals surface area contributed by atoms with Crippen LogP contribution in [0, 0.1) is 18.7 Å². The fourth-order valence-corrected chi connectivity index (χ4v) is 7.42. The van der Waals surface area contributed by atoms with Gasteiger partial charge in [0.15, 0.2) is 5.82 Å². The van der Waals surface area contributed by atoms with Gasteiger partial charge in [0.2, 0.25) is 5.91 Å². The highest BCUT2D eigenvalue weighted by Crippen LogP contribution is 2.54. The van der Waals surface area contributed by atoms with Gasteiger partial charge in [0.1, 0.15) is 10.5 Å². The second kappa shape index (κ2) is 8.09. The molecule has 1 saturated carbocycles. The Morgan fingerprint density at radius 3 is 2.69 bits per heavy atom. The van der Waals surface area contributed by atoms with Crippen molar-refractivity contribution >= 4 is 61.5 Å². The van der Waals surface area contributed by atoms with Gasteiger partial charge in [-0.05, 0) is 66.1 Å². The van der Waals surface area contributed by atoms with Crippen LogP contribution >= 0.6 is 27.7 Å². The number of benzene rings is 1. The van der Waals surface area contributed by atoms with Gasteiger partial charge in [-0.2, -0.15) is 0 Å². The topological polar surface area (TPSA) is 78.7 Å². The molecule has 1 N–H and O–H groups in total. The van der Waals surface area contributed by atoms with Crippen LogP contribution in [-0.4, -0.2) is 61.8 Å². The van der Waals surface area contributed by atoms with E-state index in [4.69, 9.17) is 4.98 Å². The summed E-state index contributed by atoms with van der Waals surface area (Å²) in [6.45, 7) is 4.67. The first-order chi connectivity index (χ1) is 16.7. The van der Waals surface area contributed by atoms with Crippen LogP contribution in [-0.2, 0) is 4.79 Å². The van der Waals surface area contributed by atoms with Crippen molar-refractivity contribution < 1.29 is 19.1 Å². The van der Waals surface area contributed by atoms with Crippen LogP contribution in [0.25, 0.3) is 21.8 Å². The highest BCUT2D eigenvalue weighted by atomic mass is 79.9. The summed E-state index contributed by atoms with van der Waals surface area (Å²) in [6.07, 6.45) is 3.63. The molecule has 1 aliphatic carbocycles. The Labute approximate surface area is 214 Å². The SMILES string of the molecule is CSc1nc2c(F)c(Br)c(C)cc2c2c1cc([C@H]1CCCN1C(C)=O)n2[C@H]1[C@@H]2C[C@H]1N(C(=O)O)C2. The lowest BCUT2D eigenvalue weighted by Crippen LogP contribution is -2.43. The molecule has 10 heteroatoms. The summed E-state index contributed by atoms with van der Waals surface area (Å²) in [4.78, 5) is 32.6. The predicted octanol–water partition coefficient (Wildman–Crippen LogP) is 5.73. The minimum absolute atomic E-state index is 0.0342. The Morgan fingerprint density at radius 1 is 1.26 bits per heavy atom. The molecule has 4 atom stereocenters. The molecule has 1 aromatic carbocycles. The zero-order chi connectivity index (χ0) is 24.8. The number of rotatable bonds is 3. The Kier molecular flexibility index (Phi) is 5.34. The number of hydrogen-bond donors (Lipinski definition) is 1. The van der Waals surface area contributed by atoms with E-state index in [0.717, 1.165) is 51.8 Å². The lowest BCUT2D eigenvalue weighted by atomic mass is 9.79. The van der Waals surface area contributed by atoms with Crippen molar-refractivity contribution in [1.82, 2.24) is 19.4 Å². The molecular formula is C25H26BrFN4O3S. The van der Waals surface area contributed by atoms with E-state index in [1.807, 2.05) is 24.1 Å². The first-order valence-electron chi connectivity index (χ1n) is 11.9. The van der Waals surface area contributed by atoms with Gasteiger partial charge in [0.25, 0.3) is 0 Å². The summed E-state index contributed by atoms with van der Waals surface area (Å²) in [5, 5.41) is 12.2. The van der Waals surface area contributed by atoms with Gasteiger partial charge >= 0.3 is 6.09 Å². The Hall–Kier alpha value is -2.33. The molecule has 0 unspecified atom stereocenters. The maximum Gasteiger partial charge on any atom is 0.407 e. The average Bonchev–Trinajstić information content (AvgIpc) is 3.58. The normalized spacial score (nSPS) is 25.6. The van der Waals surface area contributed by atoms with E-state index >= 15 is 4.39 Å². The van der Waals surface area contributed by atoms with Crippen molar-refractivity contribution in [2.24, 2.45) is 5.92 Å². The summed E-state index contributed by atoms with van der Waals surface area (Å²) in [6, 6.07) is 3.83. The van der Waals surface area contributed by atoms with Gasteiger partial charge in [0, 0.05) is 42.4 Å². The van der Waals surface area contributed by atoms with Crippen molar-refractivity contribution in [3.63, 3.8) is 0 Å². The maximum atomic E-state index is 15.5. The monoisotopic (exact) mass is 560 g/mol. The van der Waals surface area contributed by atoms with Crippen LogP contribution < -0.4 is 0 Å². The number of likely N-dealkylation sites (tertiary alicyclic amines) is 1. The molecule has 184 valence electrons. The van der Waals surface area contributed by atoms with E-state index in [2.05, 4.69) is 26.6 Å². The second-order valence-corrected chi connectivity index (χ2v) is 11.5. The van der Waals surface area contributed by atoms with Crippen molar-refractivity contribution in [3.8, 4) is 0 Å². The number of carboxylic acid groups (broad SMARTS) is 1. The molecule has 0 spiro atoms. The van der Waals surface area contributed by atoms with Gasteiger partial charge < -0.3 is 19.5 Å². The zero-order valence-electron chi connectivity index (χ0n) is 19.7. The number of fused-ring (bicyclic) bond motifs is 4. The largest absolute Gasteiger partial charge is 0.465 e.